The summed E-state index contributed by atoms with van der Waals surface area (Å²) < 4.78 is 0. The van der Waals surface area contributed by atoms with Crippen LogP contribution in [0.3, 0.4) is 0 Å². The highest BCUT2D eigenvalue weighted by atomic mass is 32.1. The maximum absolute atomic E-state index is 5.79. The van der Waals surface area contributed by atoms with Gasteiger partial charge in [0.1, 0.15) is 0 Å². The lowest BCUT2D eigenvalue weighted by molar-refractivity contribution is 0.771. The van der Waals surface area contributed by atoms with E-state index in [0.29, 0.717) is 0 Å². The van der Waals surface area contributed by atoms with Crippen LogP contribution in [0.1, 0.15) is 38.4 Å². The first-order chi connectivity index (χ1) is 6.72. The second kappa shape index (κ2) is 3.87. The Bertz CT molecular complexity index is 304. The summed E-state index contributed by atoms with van der Waals surface area (Å²) in [7, 11) is 0. The smallest absolute Gasteiger partial charge is 0.185 e. The highest BCUT2D eigenvalue weighted by molar-refractivity contribution is 7.13. The number of anilines is 1. The molecular formula is C10H17N3S. The molecule has 1 atom stereocenters. The molecule has 1 fully saturated rings. The molecule has 1 saturated carbocycles. The van der Waals surface area contributed by atoms with E-state index < -0.39 is 0 Å². The maximum atomic E-state index is 5.79. The summed E-state index contributed by atoms with van der Waals surface area (Å²) in [6.45, 7) is 5.22. The Kier molecular flexibility index (Phi) is 2.74. The standard InChI is InChI=1S/C10H17N3S/c1-3-13(8-4-5-8)10-12-9(6-14-10)7(2)11/h6-8H,3-5,11H2,1-2H3. The van der Waals surface area contributed by atoms with Crippen LogP contribution in [0.5, 0.6) is 0 Å². The largest absolute Gasteiger partial charge is 0.345 e. The molecule has 0 saturated heterocycles. The van der Waals surface area contributed by atoms with Crippen molar-refractivity contribution in [3.8, 4) is 0 Å². The average molecular weight is 211 g/mol. The number of aromatic nitrogens is 1. The molecule has 1 aromatic heterocycles. The van der Waals surface area contributed by atoms with Crippen molar-refractivity contribution in [3.05, 3.63) is 11.1 Å². The van der Waals surface area contributed by atoms with Gasteiger partial charge in [-0.1, -0.05) is 0 Å². The van der Waals surface area contributed by atoms with Crippen molar-refractivity contribution in [1.29, 1.82) is 0 Å². The second-order valence-corrected chi connectivity index (χ2v) is 4.70. The monoisotopic (exact) mass is 211 g/mol. The lowest BCUT2D eigenvalue weighted by Crippen LogP contribution is -2.24. The lowest BCUT2D eigenvalue weighted by Gasteiger charge is -2.18. The molecule has 78 valence electrons. The Labute approximate surface area is 88.9 Å². The molecule has 1 aromatic rings. The van der Waals surface area contributed by atoms with Crippen LogP contribution in [0.4, 0.5) is 5.13 Å². The van der Waals surface area contributed by atoms with Crippen LogP contribution >= 0.6 is 11.3 Å². The van der Waals surface area contributed by atoms with Gasteiger partial charge in [-0.25, -0.2) is 4.98 Å². The van der Waals surface area contributed by atoms with Crippen LogP contribution in [0.2, 0.25) is 0 Å². The second-order valence-electron chi connectivity index (χ2n) is 3.86. The highest BCUT2D eigenvalue weighted by Gasteiger charge is 2.29. The molecule has 4 heteroatoms. The van der Waals surface area contributed by atoms with Crippen molar-refractivity contribution in [2.75, 3.05) is 11.4 Å². The van der Waals surface area contributed by atoms with Gasteiger partial charge in [0.25, 0.3) is 0 Å². The van der Waals surface area contributed by atoms with Gasteiger partial charge >= 0.3 is 0 Å². The van der Waals surface area contributed by atoms with E-state index in [2.05, 4.69) is 22.2 Å². The summed E-state index contributed by atoms with van der Waals surface area (Å²) in [4.78, 5) is 6.95. The Hall–Kier alpha value is -0.610. The van der Waals surface area contributed by atoms with Gasteiger partial charge in [-0.15, -0.1) is 11.3 Å². The third-order valence-electron chi connectivity index (χ3n) is 2.55. The number of thiazole rings is 1. The molecule has 0 aromatic carbocycles. The maximum Gasteiger partial charge on any atom is 0.185 e. The fourth-order valence-corrected chi connectivity index (χ4v) is 2.62. The average Bonchev–Trinajstić information content (AvgIpc) is 2.84. The van der Waals surface area contributed by atoms with Gasteiger partial charge in [0.05, 0.1) is 5.69 Å². The van der Waals surface area contributed by atoms with Gasteiger partial charge in [-0.2, -0.15) is 0 Å². The van der Waals surface area contributed by atoms with Gasteiger partial charge in [0, 0.05) is 24.0 Å². The third-order valence-corrected chi connectivity index (χ3v) is 3.45. The molecule has 1 aliphatic carbocycles. The molecule has 1 aliphatic rings. The molecule has 1 unspecified atom stereocenters. The number of nitrogens with zero attached hydrogens (tertiary/aromatic N) is 2. The topological polar surface area (TPSA) is 42.2 Å². The summed E-state index contributed by atoms with van der Waals surface area (Å²) in [6.07, 6.45) is 2.64. The molecule has 1 heterocycles. The molecule has 3 nitrogen and oxygen atoms in total. The van der Waals surface area contributed by atoms with Crippen molar-refractivity contribution < 1.29 is 0 Å². The minimum Gasteiger partial charge on any atom is -0.345 e. The Morgan fingerprint density at radius 2 is 2.43 bits per heavy atom. The fourth-order valence-electron chi connectivity index (χ4n) is 1.55. The van der Waals surface area contributed by atoms with E-state index in [0.717, 1.165) is 23.4 Å². The van der Waals surface area contributed by atoms with Crippen LogP contribution < -0.4 is 10.6 Å². The first-order valence-electron chi connectivity index (χ1n) is 5.20. The Morgan fingerprint density at radius 3 is 2.86 bits per heavy atom. The summed E-state index contributed by atoms with van der Waals surface area (Å²) in [5.41, 5.74) is 6.80. The molecule has 2 rings (SSSR count). The van der Waals surface area contributed by atoms with Crippen molar-refractivity contribution in [2.24, 2.45) is 5.73 Å². The van der Waals surface area contributed by atoms with Crippen LogP contribution in [-0.2, 0) is 0 Å². The Balaban J connectivity index is 2.13. The van der Waals surface area contributed by atoms with E-state index in [1.165, 1.54) is 12.8 Å². The number of nitrogens with two attached hydrogens (primary N) is 1. The molecule has 0 spiro atoms. The van der Waals surface area contributed by atoms with Crippen molar-refractivity contribution in [1.82, 2.24) is 4.98 Å². The molecular weight excluding hydrogens is 194 g/mol. The summed E-state index contributed by atoms with van der Waals surface area (Å²) in [5.74, 6) is 0. The van der Waals surface area contributed by atoms with Gasteiger partial charge in [-0.05, 0) is 26.7 Å². The third kappa shape index (κ3) is 1.91. The highest BCUT2D eigenvalue weighted by Crippen LogP contribution is 2.33. The molecule has 0 radical (unpaired) electrons. The number of hydrogen-bond donors (Lipinski definition) is 1. The van der Waals surface area contributed by atoms with Crippen LogP contribution in [0.15, 0.2) is 5.38 Å². The molecule has 0 bridgehead atoms. The predicted octanol–water partition coefficient (Wildman–Crippen LogP) is 2.15. The number of rotatable bonds is 4. The van der Waals surface area contributed by atoms with Gasteiger partial charge in [0.15, 0.2) is 5.13 Å². The zero-order valence-electron chi connectivity index (χ0n) is 8.73. The molecule has 2 N–H and O–H groups in total. The van der Waals surface area contributed by atoms with Crippen molar-refractivity contribution in [2.45, 2.75) is 38.8 Å². The zero-order chi connectivity index (χ0) is 10.1. The van der Waals surface area contributed by atoms with Gasteiger partial charge in [0.2, 0.25) is 0 Å². The summed E-state index contributed by atoms with van der Waals surface area (Å²) in [5, 5.41) is 3.22. The van der Waals surface area contributed by atoms with Gasteiger partial charge in [-0.3, -0.25) is 0 Å². The Morgan fingerprint density at radius 1 is 1.71 bits per heavy atom. The summed E-state index contributed by atoms with van der Waals surface area (Å²) >= 11 is 1.71. The fraction of sp³-hybridized carbons (Fsp3) is 0.700. The quantitative estimate of drug-likeness (QED) is 0.829. The van der Waals surface area contributed by atoms with Crippen molar-refractivity contribution in [3.63, 3.8) is 0 Å². The first-order valence-corrected chi connectivity index (χ1v) is 6.08. The van der Waals surface area contributed by atoms with E-state index in [9.17, 15) is 0 Å². The molecule has 14 heavy (non-hydrogen) atoms. The van der Waals surface area contributed by atoms with E-state index in [4.69, 9.17) is 5.73 Å². The minimum atomic E-state index is 0.0536. The van der Waals surface area contributed by atoms with Gasteiger partial charge < -0.3 is 10.6 Å². The number of hydrogen-bond acceptors (Lipinski definition) is 4. The van der Waals surface area contributed by atoms with Crippen molar-refractivity contribution >= 4 is 16.5 Å². The first kappa shape index (κ1) is 9.93. The minimum absolute atomic E-state index is 0.0536. The van der Waals surface area contributed by atoms with E-state index in [-0.39, 0.29) is 6.04 Å². The van der Waals surface area contributed by atoms with Crippen LogP contribution in [-0.4, -0.2) is 17.6 Å². The predicted molar refractivity (Wildman–Crippen MR) is 60.8 cm³/mol. The lowest BCUT2D eigenvalue weighted by atomic mass is 10.3. The normalized spacial score (nSPS) is 18.2. The summed E-state index contributed by atoms with van der Waals surface area (Å²) in [6, 6.07) is 0.796. The molecule has 0 amide bonds. The van der Waals surface area contributed by atoms with E-state index in [1.807, 2.05) is 6.92 Å². The molecule has 0 aliphatic heterocycles. The van der Waals surface area contributed by atoms with Crippen LogP contribution in [0.25, 0.3) is 0 Å². The zero-order valence-corrected chi connectivity index (χ0v) is 9.55. The van der Waals surface area contributed by atoms with E-state index >= 15 is 0 Å². The van der Waals surface area contributed by atoms with E-state index in [1.54, 1.807) is 11.3 Å². The SMILES string of the molecule is CCN(c1nc(C(C)N)cs1)C1CC1. The van der Waals surface area contributed by atoms with Crippen LogP contribution in [0, 0.1) is 0 Å².